The highest BCUT2D eigenvalue weighted by molar-refractivity contribution is 5.97. The van der Waals surface area contributed by atoms with Crippen molar-refractivity contribution in [3.8, 4) is 0 Å². The number of para-hydroxylation sites is 2. The molecule has 0 aliphatic carbocycles. The van der Waals surface area contributed by atoms with Crippen molar-refractivity contribution in [3.05, 3.63) is 47.9 Å². The summed E-state index contributed by atoms with van der Waals surface area (Å²) in [5.74, 6) is 0.152. The van der Waals surface area contributed by atoms with E-state index in [0.29, 0.717) is 18.8 Å². The molecule has 0 saturated carbocycles. The minimum absolute atomic E-state index is 0.00496. The quantitative estimate of drug-likeness (QED) is 0.882. The first kappa shape index (κ1) is 15.1. The van der Waals surface area contributed by atoms with E-state index in [0.717, 1.165) is 11.4 Å². The van der Waals surface area contributed by atoms with Gasteiger partial charge in [0.25, 0.3) is 0 Å². The molecule has 0 saturated heterocycles. The molecule has 0 radical (unpaired) electrons. The average molecular weight is 314 g/mol. The minimum atomic E-state index is -0.502. The molecule has 0 fully saturated rings. The average Bonchev–Trinajstić information content (AvgIpc) is 2.98. The number of carbonyl (C=O) groups is 2. The fraction of sp³-hybridized carbons (Fsp3) is 0.294. The minimum Gasteiger partial charge on any atom is -0.463 e. The standard InChI is InChI=1S/C17H18N2O4/c1-11-9-19(10-12-7-8-15(23-12)17(21)22-2)14-6-4-3-5-13(14)18-16(11)20/h3-8,11H,9-10H2,1-2H3,(H,18,20)/t11-/m0/s1. The SMILES string of the molecule is COC(=O)c1ccc(CN2C[C@H](C)C(=O)Nc3ccccc32)o1. The van der Waals surface area contributed by atoms with Gasteiger partial charge in [-0.25, -0.2) is 4.79 Å². The molecule has 6 nitrogen and oxygen atoms in total. The van der Waals surface area contributed by atoms with Crippen LogP contribution in [0.25, 0.3) is 0 Å². The molecule has 1 aliphatic heterocycles. The first-order valence-electron chi connectivity index (χ1n) is 7.40. The lowest BCUT2D eigenvalue weighted by Gasteiger charge is -2.24. The molecule has 1 N–H and O–H groups in total. The highest BCUT2D eigenvalue weighted by Gasteiger charge is 2.25. The van der Waals surface area contributed by atoms with Gasteiger partial charge >= 0.3 is 5.97 Å². The van der Waals surface area contributed by atoms with Gasteiger partial charge in [-0.1, -0.05) is 19.1 Å². The summed E-state index contributed by atoms with van der Waals surface area (Å²) in [6.45, 7) is 2.92. The van der Waals surface area contributed by atoms with Crippen LogP contribution < -0.4 is 10.2 Å². The van der Waals surface area contributed by atoms with Crippen LogP contribution in [0.15, 0.2) is 40.8 Å². The molecule has 1 aliphatic rings. The number of furan rings is 1. The second-order valence-electron chi connectivity index (χ2n) is 5.55. The lowest BCUT2D eigenvalue weighted by molar-refractivity contribution is -0.119. The highest BCUT2D eigenvalue weighted by atomic mass is 16.5. The number of nitrogens with one attached hydrogen (secondary N) is 1. The molecule has 1 aromatic carbocycles. The zero-order chi connectivity index (χ0) is 16.4. The Hall–Kier alpha value is -2.76. The van der Waals surface area contributed by atoms with Crippen LogP contribution in [-0.4, -0.2) is 25.5 Å². The van der Waals surface area contributed by atoms with Crippen molar-refractivity contribution in [1.29, 1.82) is 0 Å². The highest BCUT2D eigenvalue weighted by Crippen LogP contribution is 2.31. The third-order valence-corrected chi connectivity index (χ3v) is 3.84. The summed E-state index contributed by atoms with van der Waals surface area (Å²) in [6, 6.07) is 11.0. The molecule has 23 heavy (non-hydrogen) atoms. The Kier molecular flexibility index (Phi) is 4.06. The van der Waals surface area contributed by atoms with Crippen LogP contribution in [0.5, 0.6) is 0 Å². The number of nitrogens with zero attached hydrogens (tertiary/aromatic N) is 1. The maximum atomic E-state index is 12.1. The second-order valence-corrected chi connectivity index (χ2v) is 5.55. The molecule has 2 heterocycles. The van der Waals surface area contributed by atoms with Crippen LogP contribution in [0.2, 0.25) is 0 Å². The van der Waals surface area contributed by atoms with E-state index in [1.165, 1.54) is 7.11 Å². The van der Waals surface area contributed by atoms with Crippen molar-refractivity contribution in [1.82, 2.24) is 0 Å². The summed E-state index contributed by atoms with van der Waals surface area (Å²) >= 11 is 0. The molecule has 2 aromatic rings. The topological polar surface area (TPSA) is 71.8 Å². The Morgan fingerprint density at radius 3 is 2.91 bits per heavy atom. The molecule has 6 heteroatoms. The van der Waals surface area contributed by atoms with Crippen LogP contribution >= 0.6 is 0 Å². The molecule has 1 atom stereocenters. The largest absolute Gasteiger partial charge is 0.463 e. The molecule has 3 rings (SSSR count). The zero-order valence-corrected chi connectivity index (χ0v) is 13.0. The molecule has 1 amide bonds. The van der Waals surface area contributed by atoms with E-state index in [1.54, 1.807) is 12.1 Å². The van der Waals surface area contributed by atoms with Gasteiger partial charge in [-0.3, -0.25) is 4.79 Å². The number of esters is 1. The molecule has 0 spiro atoms. The fourth-order valence-electron chi connectivity index (χ4n) is 2.63. The monoisotopic (exact) mass is 314 g/mol. The fourth-order valence-corrected chi connectivity index (χ4v) is 2.63. The third kappa shape index (κ3) is 3.06. The molecule has 0 unspecified atom stereocenters. The van der Waals surface area contributed by atoms with E-state index in [2.05, 4.69) is 15.0 Å². The number of hydrogen-bond donors (Lipinski definition) is 1. The van der Waals surface area contributed by atoms with Gasteiger partial charge in [0.15, 0.2) is 0 Å². The summed E-state index contributed by atoms with van der Waals surface area (Å²) in [4.78, 5) is 25.6. The lowest BCUT2D eigenvalue weighted by Crippen LogP contribution is -2.30. The van der Waals surface area contributed by atoms with Crippen LogP contribution in [0.3, 0.4) is 0 Å². The van der Waals surface area contributed by atoms with Crippen molar-refractivity contribution in [3.63, 3.8) is 0 Å². The van der Waals surface area contributed by atoms with Gasteiger partial charge in [-0.05, 0) is 24.3 Å². The maximum Gasteiger partial charge on any atom is 0.373 e. The number of hydrogen-bond acceptors (Lipinski definition) is 5. The molecule has 1 aromatic heterocycles. The van der Waals surface area contributed by atoms with E-state index < -0.39 is 5.97 Å². The predicted octanol–water partition coefficient (Wildman–Crippen LogP) is 2.66. The second kappa shape index (κ2) is 6.16. The molecular formula is C17H18N2O4. The predicted molar refractivity (Wildman–Crippen MR) is 85.3 cm³/mol. The van der Waals surface area contributed by atoms with E-state index in [-0.39, 0.29) is 17.6 Å². The van der Waals surface area contributed by atoms with Crippen molar-refractivity contribution < 1.29 is 18.7 Å². The third-order valence-electron chi connectivity index (χ3n) is 3.84. The van der Waals surface area contributed by atoms with Crippen LogP contribution in [0.1, 0.15) is 23.2 Å². The van der Waals surface area contributed by atoms with Gasteiger partial charge in [0.05, 0.1) is 30.9 Å². The number of rotatable bonds is 3. The van der Waals surface area contributed by atoms with E-state index in [1.807, 2.05) is 31.2 Å². The smallest absolute Gasteiger partial charge is 0.373 e. The number of fused-ring (bicyclic) bond motifs is 1. The number of amides is 1. The Labute approximate surface area is 134 Å². The van der Waals surface area contributed by atoms with Crippen LogP contribution in [-0.2, 0) is 16.1 Å². The summed E-state index contributed by atoms with van der Waals surface area (Å²) in [7, 11) is 1.31. The Morgan fingerprint density at radius 2 is 2.13 bits per heavy atom. The Balaban J connectivity index is 1.87. The molecule has 0 bridgehead atoms. The van der Waals surface area contributed by atoms with Crippen molar-refractivity contribution in [2.75, 3.05) is 23.9 Å². The zero-order valence-electron chi connectivity index (χ0n) is 13.0. The first-order chi connectivity index (χ1) is 11.1. The number of benzene rings is 1. The lowest BCUT2D eigenvalue weighted by atomic mass is 10.1. The number of ether oxygens (including phenoxy) is 1. The van der Waals surface area contributed by atoms with Gasteiger partial charge in [0.2, 0.25) is 11.7 Å². The summed E-state index contributed by atoms with van der Waals surface area (Å²) in [5, 5.41) is 2.94. The van der Waals surface area contributed by atoms with Crippen LogP contribution in [0.4, 0.5) is 11.4 Å². The summed E-state index contributed by atoms with van der Waals surface area (Å²) < 4.78 is 10.2. The van der Waals surface area contributed by atoms with Gasteiger partial charge in [-0.2, -0.15) is 0 Å². The van der Waals surface area contributed by atoms with E-state index in [9.17, 15) is 9.59 Å². The number of methoxy groups -OCH3 is 1. The normalized spacial score (nSPS) is 17.2. The molecular weight excluding hydrogens is 296 g/mol. The first-order valence-corrected chi connectivity index (χ1v) is 7.40. The van der Waals surface area contributed by atoms with E-state index in [4.69, 9.17) is 4.42 Å². The van der Waals surface area contributed by atoms with Crippen molar-refractivity contribution in [2.24, 2.45) is 5.92 Å². The van der Waals surface area contributed by atoms with E-state index >= 15 is 0 Å². The van der Waals surface area contributed by atoms with Crippen molar-refractivity contribution in [2.45, 2.75) is 13.5 Å². The van der Waals surface area contributed by atoms with Gasteiger partial charge in [0.1, 0.15) is 5.76 Å². The maximum absolute atomic E-state index is 12.1. The van der Waals surface area contributed by atoms with Gasteiger partial charge < -0.3 is 19.4 Å². The number of carbonyl (C=O) groups excluding carboxylic acids is 2. The Morgan fingerprint density at radius 1 is 1.35 bits per heavy atom. The number of anilines is 2. The van der Waals surface area contributed by atoms with Crippen LogP contribution in [0, 0.1) is 5.92 Å². The van der Waals surface area contributed by atoms with Crippen molar-refractivity contribution >= 4 is 23.3 Å². The Bertz CT molecular complexity index is 738. The summed E-state index contributed by atoms with van der Waals surface area (Å²) in [5.41, 5.74) is 1.71. The molecule has 120 valence electrons. The summed E-state index contributed by atoms with van der Waals surface area (Å²) in [6.07, 6.45) is 0. The van der Waals surface area contributed by atoms with Gasteiger partial charge in [0, 0.05) is 6.54 Å². The van der Waals surface area contributed by atoms with Gasteiger partial charge in [-0.15, -0.1) is 0 Å².